The average molecular weight is 378 g/mol. The summed E-state index contributed by atoms with van der Waals surface area (Å²) in [6.07, 6.45) is 0.351. The van der Waals surface area contributed by atoms with E-state index in [9.17, 15) is 13.2 Å². The van der Waals surface area contributed by atoms with Gasteiger partial charge in [0, 0.05) is 23.7 Å². The van der Waals surface area contributed by atoms with E-state index in [0.29, 0.717) is 29.1 Å². The van der Waals surface area contributed by atoms with Crippen molar-refractivity contribution in [3.05, 3.63) is 70.2 Å². The molecule has 2 aromatic carbocycles. The number of sulfone groups is 1. The van der Waals surface area contributed by atoms with Crippen LogP contribution >= 0.6 is 11.6 Å². The van der Waals surface area contributed by atoms with Crippen molar-refractivity contribution >= 4 is 27.3 Å². The molecule has 1 heterocycles. The summed E-state index contributed by atoms with van der Waals surface area (Å²) in [6, 6.07) is 14.4. The van der Waals surface area contributed by atoms with Gasteiger partial charge < -0.3 is 4.90 Å². The van der Waals surface area contributed by atoms with Gasteiger partial charge >= 0.3 is 0 Å². The molecule has 1 saturated heterocycles. The minimum Gasteiger partial charge on any atom is -0.338 e. The van der Waals surface area contributed by atoms with E-state index in [1.807, 2.05) is 25.1 Å². The number of hydrogen-bond acceptors (Lipinski definition) is 3. The molecule has 6 heteroatoms. The highest BCUT2D eigenvalue weighted by molar-refractivity contribution is 7.91. The van der Waals surface area contributed by atoms with Crippen molar-refractivity contribution < 1.29 is 13.2 Å². The van der Waals surface area contributed by atoms with Crippen LogP contribution in [0.15, 0.2) is 48.5 Å². The molecule has 2 aromatic rings. The van der Waals surface area contributed by atoms with Gasteiger partial charge in [-0.05, 0) is 36.6 Å². The second-order valence-corrected chi connectivity index (χ2v) is 8.98. The molecule has 1 aliphatic heterocycles. The monoisotopic (exact) mass is 377 g/mol. The zero-order valence-corrected chi connectivity index (χ0v) is 15.6. The number of amides is 1. The fraction of sp³-hybridized carbons (Fsp3) is 0.316. The first-order chi connectivity index (χ1) is 11.9. The summed E-state index contributed by atoms with van der Waals surface area (Å²) in [5.74, 6) is -0.173. The average Bonchev–Trinajstić information content (AvgIpc) is 2.74. The Hall–Kier alpha value is -1.85. The van der Waals surface area contributed by atoms with E-state index >= 15 is 0 Å². The lowest BCUT2D eigenvalue weighted by Gasteiger charge is -2.21. The van der Waals surface area contributed by atoms with Crippen LogP contribution in [0.4, 0.5) is 0 Å². The molecule has 0 aromatic heterocycles. The summed E-state index contributed by atoms with van der Waals surface area (Å²) in [7, 11) is -3.37. The van der Waals surface area contributed by atoms with Crippen molar-refractivity contribution in [1.29, 1.82) is 0 Å². The van der Waals surface area contributed by atoms with E-state index in [0.717, 1.165) is 5.56 Å². The summed E-state index contributed by atoms with van der Waals surface area (Å²) >= 11 is 6.21. The molecule has 1 atom stereocenters. The smallest absolute Gasteiger partial charge is 0.254 e. The number of halogens is 1. The van der Waals surface area contributed by atoms with Gasteiger partial charge in [-0.3, -0.25) is 4.79 Å². The third-order valence-corrected chi connectivity index (χ3v) is 7.11. The lowest BCUT2D eigenvalue weighted by Crippen LogP contribution is -2.34. The van der Waals surface area contributed by atoms with Gasteiger partial charge in [0.1, 0.15) is 0 Å². The highest BCUT2D eigenvalue weighted by Gasteiger charge is 2.34. The van der Waals surface area contributed by atoms with Gasteiger partial charge in [-0.25, -0.2) is 8.42 Å². The number of benzene rings is 2. The van der Waals surface area contributed by atoms with Gasteiger partial charge in [-0.15, -0.1) is 0 Å². The van der Waals surface area contributed by atoms with Gasteiger partial charge in [-0.2, -0.15) is 0 Å². The number of nitrogens with zero attached hydrogens (tertiary/aromatic N) is 1. The van der Waals surface area contributed by atoms with Gasteiger partial charge in [-0.1, -0.05) is 48.0 Å². The molecule has 1 amide bonds. The Morgan fingerprint density at radius 2 is 1.76 bits per heavy atom. The summed E-state index contributed by atoms with van der Waals surface area (Å²) < 4.78 is 25.5. The van der Waals surface area contributed by atoms with E-state index in [-0.39, 0.29) is 18.2 Å². The van der Waals surface area contributed by atoms with Crippen LogP contribution in [0.2, 0.25) is 5.02 Å². The molecular formula is C19H20ClNO3S. The largest absolute Gasteiger partial charge is 0.338 e. The molecule has 1 aliphatic rings. The first-order valence-electron chi connectivity index (χ1n) is 8.21. The minimum absolute atomic E-state index is 0.0550. The Bertz CT molecular complexity index is 895. The molecule has 4 nitrogen and oxygen atoms in total. The molecule has 3 rings (SSSR count). The van der Waals surface area contributed by atoms with Crippen molar-refractivity contribution in [1.82, 2.24) is 4.90 Å². The molecule has 0 spiro atoms. The first kappa shape index (κ1) is 18.0. The summed E-state index contributed by atoms with van der Waals surface area (Å²) in [5.41, 5.74) is 2.13. The van der Waals surface area contributed by atoms with Crippen LogP contribution in [0.1, 0.15) is 33.2 Å². The standard InChI is InChI=1S/C19H20ClNO3S/c1-14-6-2-3-7-15(14)19(22)21-11-10-18(25(23,24)13-12-21)16-8-4-5-9-17(16)20/h2-9,18H,10-13H2,1H3. The topological polar surface area (TPSA) is 54.5 Å². The number of rotatable bonds is 2. The maximum absolute atomic E-state index is 12.8. The van der Waals surface area contributed by atoms with Crippen LogP contribution in [0.25, 0.3) is 0 Å². The number of aryl methyl sites for hydroxylation is 1. The highest BCUT2D eigenvalue weighted by atomic mass is 35.5. The summed E-state index contributed by atoms with van der Waals surface area (Å²) in [4.78, 5) is 14.4. The Kier molecular flexibility index (Phi) is 5.16. The van der Waals surface area contributed by atoms with Crippen LogP contribution in [0.3, 0.4) is 0 Å². The second-order valence-electron chi connectivity index (χ2n) is 6.27. The molecule has 0 radical (unpaired) electrons. The van der Waals surface area contributed by atoms with Crippen LogP contribution in [0.5, 0.6) is 0 Å². The fourth-order valence-corrected chi connectivity index (χ4v) is 5.36. The van der Waals surface area contributed by atoms with Gasteiger partial charge in [0.2, 0.25) is 0 Å². The molecule has 132 valence electrons. The van der Waals surface area contributed by atoms with Gasteiger partial charge in [0.15, 0.2) is 9.84 Å². The van der Waals surface area contributed by atoms with Crippen LogP contribution in [-0.4, -0.2) is 38.1 Å². The molecular weight excluding hydrogens is 358 g/mol. The number of hydrogen-bond donors (Lipinski definition) is 0. The predicted molar refractivity (Wildman–Crippen MR) is 99.7 cm³/mol. The maximum Gasteiger partial charge on any atom is 0.254 e. The minimum atomic E-state index is -3.37. The summed E-state index contributed by atoms with van der Waals surface area (Å²) in [6.45, 7) is 2.48. The van der Waals surface area contributed by atoms with Gasteiger partial charge in [0.25, 0.3) is 5.91 Å². The maximum atomic E-state index is 12.8. The Balaban J connectivity index is 1.87. The SMILES string of the molecule is Cc1ccccc1C(=O)N1CCC(c2ccccc2Cl)S(=O)(=O)CC1. The van der Waals surface area contributed by atoms with E-state index in [2.05, 4.69) is 0 Å². The highest BCUT2D eigenvalue weighted by Crippen LogP contribution is 2.34. The van der Waals surface area contributed by atoms with E-state index in [1.54, 1.807) is 35.2 Å². The van der Waals surface area contributed by atoms with Gasteiger partial charge in [0.05, 0.1) is 11.0 Å². The quantitative estimate of drug-likeness (QED) is 0.802. The van der Waals surface area contributed by atoms with E-state index < -0.39 is 15.1 Å². The lowest BCUT2D eigenvalue weighted by molar-refractivity contribution is 0.0766. The number of carbonyl (C=O) groups is 1. The van der Waals surface area contributed by atoms with Crippen LogP contribution in [-0.2, 0) is 9.84 Å². The third-order valence-electron chi connectivity index (χ3n) is 4.66. The lowest BCUT2D eigenvalue weighted by atomic mass is 10.1. The van der Waals surface area contributed by atoms with Crippen molar-refractivity contribution in [2.75, 3.05) is 18.8 Å². The van der Waals surface area contributed by atoms with E-state index in [1.165, 1.54) is 0 Å². The predicted octanol–water partition coefficient (Wildman–Crippen LogP) is 3.65. The second kappa shape index (κ2) is 7.18. The van der Waals surface area contributed by atoms with E-state index in [4.69, 9.17) is 11.6 Å². The normalized spacial score (nSPS) is 20.1. The summed E-state index contributed by atoms with van der Waals surface area (Å²) in [5, 5.41) is -0.217. The first-order valence-corrected chi connectivity index (χ1v) is 10.3. The van der Waals surface area contributed by atoms with Crippen LogP contribution in [0, 0.1) is 6.92 Å². The molecule has 0 saturated carbocycles. The zero-order valence-electron chi connectivity index (χ0n) is 14.0. The van der Waals surface area contributed by atoms with Crippen LogP contribution < -0.4 is 0 Å². The molecule has 1 unspecified atom stereocenters. The van der Waals surface area contributed by atoms with Crippen molar-refractivity contribution in [3.63, 3.8) is 0 Å². The van der Waals surface area contributed by atoms with Crippen molar-refractivity contribution in [3.8, 4) is 0 Å². The zero-order chi connectivity index (χ0) is 18.0. The molecule has 0 aliphatic carbocycles. The molecule has 0 bridgehead atoms. The Labute approximate surface area is 153 Å². The third kappa shape index (κ3) is 3.72. The molecule has 1 fully saturated rings. The number of carbonyl (C=O) groups excluding carboxylic acids is 1. The Morgan fingerprint density at radius 1 is 1.08 bits per heavy atom. The molecule has 0 N–H and O–H groups in total. The Morgan fingerprint density at radius 3 is 2.48 bits per heavy atom. The van der Waals surface area contributed by atoms with Crippen molar-refractivity contribution in [2.45, 2.75) is 18.6 Å². The molecule has 25 heavy (non-hydrogen) atoms. The fourth-order valence-electron chi connectivity index (χ4n) is 3.22. The van der Waals surface area contributed by atoms with Crippen molar-refractivity contribution in [2.24, 2.45) is 0 Å².